The van der Waals surface area contributed by atoms with Gasteiger partial charge in [0.05, 0.1) is 25.4 Å². The summed E-state index contributed by atoms with van der Waals surface area (Å²) >= 11 is 0. The zero-order chi connectivity index (χ0) is 25.9. The molecule has 0 aliphatic carbocycles. The van der Waals surface area contributed by atoms with Gasteiger partial charge in [0.25, 0.3) is 0 Å². The van der Waals surface area contributed by atoms with E-state index in [-0.39, 0.29) is 31.0 Å². The second-order valence-electron chi connectivity index (χ2n) is 9.30. The Morgan fingerprint density at radius 2 is 1.23 bits per heavy atom. The highest BCUT2D eigenvalue weighted by atomic mass is 19.4. The van der Waals surface area contributed by atoms with Crippen LogP contribution in [0, 0.1) is 0 Å². The van der Waals surface area contributed by atoms with E-state index in [9.17, 15) is 13.2 Å². The van der Waals surface area contributed by atoms with Crippen LogP contribution < -0.4 is 0 Å². The summed E-state index contributed by atoms with van der Waals surface area (Å²) in [7, 11) is 0. The third-order valence-corrected chi connectivity index (χ3v) is 6.12. The average molecular weight is 514 g/mol. The summed E-state index contributed by atoms with van der Waals surface area (Å²) in [4.78, 5) is 2.12. The minimum atomic E-state index is -4.33. The molecule has 0 aromatic rings. The molecular formula is C26H50F3NO5. The van der Waals surface area contributed by atoms with Crippen LogP contribution in [0.15, 0.2) is 0 Å². The lowest BCUT2D eigenvalue weighted by Gasteiger charge is -2.48. The molecule has 0 spiro atoms. The van der Waals surface area contributed by atoms with Crippen molar-refractivity contribution in [2.75, 3.05) is 59.3 Å². The molecule has 1 heterocycles. The smallest absolute Gasteiger partial charge is 0.380 e. The van der Waals surface area contributed by atoms with Crippen LogP contribution in [0.4, 0.5) is 13.2 Å². The zero-order valence-electron chi connectivity index (χ0n) is 22.5. The Balaban J connectivity index is 3.05. The Morgan fingerprint density at radius 1 is 0.686 bits per heavy atom. The maximum absolute atomic E-state index is 12.6. The number of ether oxygens (including phenoxy) is 5. The Bertz CT molecular complexity index is 498. The number of nitrogens with zero attached hydrogens (tertiary/aromatic N) is 1. The molecule has 1 fully saturated rings. The lowest BCUT2D eigenvalue weighted by Crippen LogP contribution is -2.65. The van der Waals surface area contributed by atoms with Gasteiger partial charge in [0, 0.05) is 39.5 Å². The Kier molecular flexibility index (Phi) is 18.3. The van der Waals surface area contributed by atoms with Crippen molar-refractivity contribution in [3.05, 3.63) is 0 Å². The van der Waals surface area contributed by atoms with E-state index in [0.717, 1.165) is 51.4 Å². The van der Waals surface area contributed by atoms with Crippen LogP contribution in [0.5, 0.6) is 0 Å². The molecule has 35 heavy (non-hydrogen) atoms. The summed E-state index contributed by atoms with van der Waals surface area (Å²) in [5, 5.41) is 0. The highest BCUT2D eigenvalue weighted by molar-refractivity contribution is 4.97. The van der Waals surface area contributed by atoms with E-state index in [2.05, 4.69) is 32.6 Å². The molecule has 0 unspecified atom stereocenters. The summed E-state index contributed by atoms with van der Waals surface area (Å²) in [6.07, 6.45) is 2.79. The minimum Gasteiger partial charge on any atom is -0.380 e. The van der Waals surface area contributed by atoms with Crippen molar-refractivity contribution < 1.29 is 36.9 Å². The molecule has 9 heteroatoms. The third-order valence-electron chi connectivity index (χ3n) is 6.12. The fourth-order valence-electron chi connectivity index (χ4n) is 4.05. The quantitative estimate of drug-likeness (QED) is 0.186. The average Bonchev–Trinajstić information content (AvgIpc) is 2.81. The predicted molar refractivity (Wildman–Crippen MR) is 132 cm³/mol. The van der Waals surface area contributed by atoms with Gasteiger partial charge in [-0.05, 0) is 25.7 Å². The van der Waals surface area contributed by atoms with Crippen LogP contribution in [0.2, 0.25) is 0 Å². The first kappa shape index (κ1) is 32.6. The molecule has 210 valence electrons. The van der Waals surface area contributed by atoms with E-state index in [1.54, 1.807) is 0 Å². The lowest BCUT2D eigenvalue weighted by atomic mass is 9.93. The first-order valence-electron chi connectivity index (χ1n) is 13.7. The monoisotopic (exact) mass is 513 g/mol. The molecular weight excluding hydrogens is 463 g/mol. The molecule has 1 aliphatic rings. The maximum atomic E-state index is 12.6. The second-order valence-corrected chi connectivity index (χ2v) is 9.30. The van der Waals surface area contributed by atoms with Crippen molar-refractivity contribution in [3.63, 3.8) is 0 Å². The Morgan fingerprint density at radius 3 is 1.80 bits per heavy atom. The van der Waals surface area contributed by atoms with Crippen molar-refractivity contribution in [2.45, 2.75) is 110 Å². The fraction of sp³-hybridized carbons (Fsp3) is 1.00. The summed E-state index contributed by atoms with van der Waals surface area (Å²) in [5.74, 6) is 0. The van der Waals surface area contributed by atoms with E-state index < -0.39 is 12.8 Å². The summed E-state index contributed by atoms with van der Waals surface area (Å²) in [6.45, 7) is 11.0. The Labute approximate surface area is 211 Å². The predicted octanol–water partition coefficient (Wildman–Crippen LogP) is 5.62. The molecule has 0 aromatic carbocycles. The van der Waals surface area contributed by atoms with Gasteiger partial charge in [0.1, 0.15) is 18.8 Å². The number of rotatable bonds is 21. The van der Waals surface area contributed by atoms with Gasteiger partial charge in [-0.2, -0.15) is 13.2 Å². The van der Waals surface area contributed by atoms with Gasteiger partial charge < -0.3 is 23.7 Å². The van der Waals surface area contributed by atoms with Gasteiger partial charge in [0.15, 0.2) is 0 Å². The highest BCUT2D eigenvalue weighted by Crippen LogP contribution is 2.27. The first-order valence-corrected chi connectivity index (χ1v) is 13.7. The van der Waals surface area contributed by atoms with E-state index >= 15 is 0 Å². The molecule has 0 N–H and O–H groups in total. The van der Waals surface area contributed by atoms with E-state index in [4.69, 9.17) is 23.7 Å². The van der Waals surface area contributed by atoms with Crippen molar-refractivity contribution >= 4 is 0 Å². The van der Waals surface area contributed by atoms with Gasteiger partial charge in [-0.15, -0.1) is 0 Å². The van der Waals surface area contributed by atoms with E-state index in [1.807, 2.05) is 0 Å². The largest absolute Gasteiger partial charge is 0.411 e. The van der Waals surface area contributed by atoms with Crippen molar-refractivity contribution in [3.8, 4) is 0 Å². The van der Waals surface area contributed by atoms with Crippen molar-refractivity contribution in [1.82, 2.24) is 4.90 Å². The molecule has 1 saturated heterocycles. The molecule has 4 atom stereocenters. The van der Waals surface area contributed by atoms with Gasteiger partial charge >= 0.3 is 6.18 Å². The van der Waals surface area contributed by atoms with Gasteiger partial charge in [0.2, 0.25) is 0 Å². The number of alkyl halides is 3. The number of hydrogen-bond donors (Lipinski definition) is 0. The van der Waals surface area contributed by atoms with Gasteiger partial charge in [-0.25, -0.2) is 0 Å². The number of likely N-dealkylation sites (tertiary alicyclic amines) is 1. The third kappa shape index (κ3) is 14.2. The van der Waals surface area contributed by atoms with Gasteiger partial charge in [-0.3, -0.25) is 4.90 Å². The number of piperidine rings is 1. The minimum absolute atomic E-state index is 0.0182. The molecule has 0 bridgehead atoms. The van der Waals surface area contributed by atoms with Crippen LogP contribution in [0.25, 0.3) is 0 Å². The highest BCUT2D eigenvalue weighted by Gasteiger charge is 2.45. The lowest BCUT2D eigenvalue weighted by molar-refractivity contribution is -0.206. The summed E-state index contributed by atoms with van der Waals surface area (Å²) in [5.41, 5.74) is 0. The normalized spacial score (nSPS) is 23.7. The molecule has 6 nitrogen and oxygen atoms in total. The topological polar surface area (TPSA) is 49.4 Å². The van der Waals surface area contributed by atoms with Crippen molar-refractivity contribution in [1.29, 1.82) is 0 Å². The van der Waals surface area contributed by atoms with Crippen LogP contribution in [-0.4, -0.2) is 94.8 Å². The first-order chi connectivity index (χ1) is 16.9. The molecule has 1 rings (SSSR count). The SMILES string of the molecule is CCCCOC[C@@H]1[C@@H](OCCCC)[C@H](OCCCC)[C@@H](OCCCC)CN1CCOCC(F)(F)F. The molecule has 0 amide bonds. The second kappa shape index (κ2) is 19.6. The number of halogens is 3. The van der Waals surface area contributed by atoms with E-state index in [0.29, 0.717) is 46.1 Å². The summed E-state index contributed by atoms with van der Waals surface area (Å²) in [6, 6.07) is -0.143. The zero-order valence-corrected chi connectivity index (χ0v) is 22.5. The van der Waals surface area contributed by atoms with Gasteiger partial charge in [-0.1, -0.05) is 53.4 Å². The van der Waals surface area contributed by atoms with Crippen LogP contribution in [0.3, 0.4) is 0 Å². The number of unbranched alkanes of at least 4 members (excludes halogenated alkanes) is 4. The molecule has 1 aliphatic heterocycles. The fourth-order valence-corrected chi connectivity index (χ4v) is 4.05. The van der Waals surface area contributed by atoms with Crippen molar-refractivity contribution in [2.24, 2.45) is 0 Å². The van der Waals surface area contributed by atoms with Crippen LogP contribution in [0.1, 0.15) is 79.1 Å². The molecule has 0 radical (unpaired) electrons. The van der Waals surface area contributed by atoms with Crippen LogP contribution >= 0.6 is 0 Å². The standard InChI is InChI=1S/C26H50F3NO5/c1-5-9-14-31-20-22-24(34-16-11-7-3)25(35-17-12-8-4)23(33-15-10-6-2)19-30(22)13-18-32-21-26(27,28)29/h22-25H,5-21H2,1-4H3/t22-,23+,24-,25-/m1/s1. The molecule has 0 saturated carbocycles. The molecule has 0 aromatic heterocycles. The summed E-state index contributed by atoms with van der Waals surface area (Å²) < 4.78 is 67.8. The number of hydrogen-bond acceptors (Lipinski definition) is 6. The van der Waals surface area contributed by atoms with E-state index in [1.165, 1.54) is 0 Å². The van der Waals surface area contributed by atoms with Crippen LogP contribution in [-0.2, 0) is 23.7 Å². The Hall–Kier alpha value is -0.450. The maximum Gasteiger partial charge on any atom is 0.411 e.